The van der Waals surface area contributed by atoms with Gasteiger partial charge >= 0.3 is 0 Å². The molecule has 0 saturated carbocycles. The van der Waals surface area contributed by atoms with Gasteiger partial charge in [0.1, 0.15) is 10.8 Å². The lowest BCUT2D eigenvalue weighted by Gasteiger charge is -2.03. The second-order valence-electron chi connectivity index (χ2n) is 5.16. The average Bonchev–Trinajstić information content (AvgIpc) is 3.30. The van der Waals surface area contributed by atoms with E-state index in [0.29, 0.717) is 27.6 Å². The molecule has 0 bridgehead atoms. The van der Waals surface area contributed by atoms with Crippen molar-refractivity contribution in [3.63, 3.8) is 0 Å². The van der Waals surface area contributed by atoms with Gasteiger partial charge < -0.3 is 9.15 Å². The number of ether oxygens (including phenoxy) is 1. The van der Waals surface area contributed by atoms with Crippen LogP contribution in [0.3, 0.4) is 0 Å². The lowest BCUT2D eigenvalue weighted by atomic mass is 10.2. The van der Waals surface area contributed by atoms with Gasteiger partial charge in [0.2, 0.25) is 11.0 Å². The summed E-state index contributed by atoms with van der Waals surface area (Å²) >= 11 is 2.54. The molecule has 0 saturated heterocycles. The van der Waals surface area contributed by atoms with Gasteiger partial charge in [0.05, 0.1) is 18.4 Å². The molecule has 0 fully saturated rings. The number of carbonyl (C=O) groups excluding carboxylic acids is 1. The van der Waals surface area contributed by atoms with Gasteiger partial charge in [0.15, 0.2) is 0 Å². The van der Waals surface area contributed by atoms with E-state index in [2.05, 4.69) is 32.6 Å². The highest BCUT2D eigenvalue weighted by atomic mass is 32.2. The van der Waals surface area contributed by atoms with Gasteiger partial charge in [-0.25, -0.2) is 0 Å². The molecule has 0 radical (unpaired) electrons. The molecule has 0 aliphatic rings. The molecule has 2 heterocycles. The number of hydrogen-bond acceptors (Lipinski definition) is 9. The second kappa shape index (κ2) is 8.77. The van der Waals surface area contributed by atoms with Crippen molar-refractivity contribution in [2.24, 2.45) is 0 Å². The molecule has 26 heavy (non-hydrogen) atoms. The van der Waals surface area contributed by atoms with Crippen molar-refractivity contribution in [3.8, 4) is 17.2 Å². The molecule has 0 aliphatic carbocycles. The highest BCUT2D eigenvalue weighted by molar-refractivity contribution is 7.99. The van der Waals surface area contributed by atoms with Gasteiger partial charge in [-0.2, -0.15) is 0 Å². The molecule has 0 unspecified atom stereocenters. The Labute approximate surface area is 158 Å². The van der Waals surface area contributed by atoms with Crippen LogP contribution in [-0.2, 0) is 11.2 Å². The lowest BCUT2D eigenvalue weighted by Crippen LogP contribution is -2.13. The Balaban J connectivity index is 1.56. The van der Waals surface area contributed by atoms with Gasteiger partial charge in [-0.15, -0.1) is 20.4 Å². The number of benzene rings is 1. The molecule has 3 rings (SSSR count). The molecular weight excluding hydrogens is 374 g/mol. The summed E-state index contributed by atoms with van der Waals surface area (Å²) in [6, 6.07) is 7.36. The lowest BCUT2D eigenvalue weighted by molar-refractivity contribution is -0.113. The van der Waals surface area contributed by atoms with Gasteiger partial charge in [0, 0.05) is 6.42 Å². The van der Waals surface area contributed by atoms with E-state index < -0.39 is 0 Å². The van der Waals surface area contributed by atoms with Crippen molar-refractivity contribution < 1.29 is 13.9 Å². The van der Waals surface area contributed by atoms with Crippen molar-refractivity contribution in [1.82, 2.24) is 20.4 Å². The number of nitrogens with one attached hydrogen (secondary N) is 1. The minimum atomic E-state index is -0.203. The van der Waals surface area contributed by atoms with Crippen LogP contribution >= 0.6 is 23.1 Å². The SMILES string of the molecule is CCCc1nnc(NC(=O)CSc2nnc(-c3ccccc3OC)o2)s1. The van der Waals surface area contributed by atoms with E-state index in [4.69, 9.17) is 9.15 Å². The molecule has 0 aliphatic heterocycles. The van der Waals surface area contributed by atoms with Gasteiger partial charge in [0.25, 0.3) is 11.1 Å². The monoisotopic (exact) mass is 391 g/mol. The molecule has 2 aromatic heterocycles. The summed E-state index contributed by atoms with van der Waals surface area (Å²) in [5.41, 5.74) is 0.705. The van der Waals surface area contributed by atoms with E-state index >= 15 is 0 Å². The second-order valence-corrected chi connectivity index (χ2v) is 7.15. The summed E-state index contributed by atoms with van der Waals surface area (Å²) in [6.45, 7) is 2.07. The van der Waals surface area contributed by atoms with E-state index in [1.807, 2.05) is 24.3 Å². The first-order valence-electron chi connectivity index (χ1n) is 7.91. The molecule has 8 nitrogen and oxygen atoms in total. The first-order valence-corrected chi connectivity index (χ1v) is 9.71. The summed E-state index contributed by atoms with van der Waals surface area (Å²) in [7, 11) is 1.58. The van der Waals surface area contributed by atoms with E-state index in [1.165, 1.54) is 11.3 Å². The third-order valence-electron chi connectivity index (χ3n) is 3.25. The molecule has 0 spiro atoms. The smallest absolute Gasteiger partial charge is 0.277 e. The third-order valence-corrected chi connectivity index (χ3v) is 4.96. The Morgan fingerprint density at radius 2 is 2.12 bits per heavy atom. The molecule has 3 aromatic rings. The van der Waals surface area contributed by atoms with Gasteiger partial charge in [-0.1, -0.05) is 42.2 Å². The fourth-order valence-electron chi connectivity index (χ4n) is 2.10. The molecule has 136 valence electrons. The molecule has 1 aromatic carbocycles. The predicted molar refractivity (Wildman–Crippen MR) is 99.5 cm³/mol. The van der Waals surface area contributed by atoms with Crippen molar-refractivity contribution in [3.05, 3.63) is 29.3 Å². The van der Waals surface area contributed by atoms with Crippen LogP contribution in [0, 0.1) is 0 Å². The third kappa shape index (κ3) is 4.58. The van der Waals surface area contributed by atoms with E-state index in [-0.39, 0.29) is 11.7 Å². The van der Waals surface area contributed by atoms with E-state index in [9.17, 15) is 4.79 Å². The summed E-state index contributed by atoms with van der Waals surface area (Å²) in [5, 5.41) is 20.4. The topological polar surface area (TPSA) is 103 Å². The number of nitrogens with zero attached hydrogens (tertiary/aromatic N) is 4. The number of carbonyl (C=O) groups is 1. The van der Waals surface area contributed by atoms with Crippen LogP contribution in [0.1, 0.15) is 18.4 Å². The summed E-state index contributed by atoms with van der Waals surface area (Å²) in [4.78, 5) is 12.0. The van der Waals surface area contributed by atoms with E-state index in [0.717, 1.165) is 29.6 Å². The standard InChI is InChI=1S/C16H17N5O3S2/c1-3-6-13-18-20-15(26-13)17-12(22)9-25-16-21-19-14(24-16)10-7-4-5-8-11(10)23-2/h4-5,7-8H,3,6,9H2,1-2H3,(H,17,20,22). The maximum atomic E-state index is 12.0. The number of para-hydroxylation sites is 1. The van der Waals surface area contributed by atoms with Crippen LogP contribution in [0.4, 0.5) is 5.13 Å². The maximum absolute atomic E-state index is 12.0. The van der Waals surface area contributed by atoms with Crippen LogP contribution in [-0.4, -0.2) is 39.2 Å². The largest absolute Gasteiger partial charge is 0.496 e. The Hall–Kier alpha value is -2.46. The highest BCUT2D eigenvalue weighted by Crippen LogP contribution is 2.30. The van der Waals surface area contributed by atoms with Crippen LogP contribution in [0.25, 0.3) is 11.5 Å². The molecule has 10 heteroatoms. The summed E-state index contributed by atoms with van der Waals surface area (Å²) < 4.78 is 10.9. The first kappa shape index (κ1) is 18.3. The number of hydrogen-bond donors (Lipinski definition) is 1. The number of aryl methyl sites for hydroxylation is 1. The van der Waals surface area contributed by atoms with E-state index in [1.54, 1.807) is 7.11 Å². The number of thioether (sulfide) groups is 1. The highest BCUT2D eigenvalue weighted by Gasteiger charge is 2.15. The van der Waals surface area contributed by atoms with Crippen molar-refractivity contribution in [2.45, 2.75) is 25.0 Å². The van der Waals surface area contributed by atoms with Crippen LogP contribution < -0.4 is 10.1 Å². The number of aromatic nitrogens is 4. The minimum absolute atomic E-state index is 0.135. The molecule has 0 atom stereocenters. The first-order chi connectivity index (χ1) is 12.7. The number of anilines is 1. The number of rotatable bonds is 8. The Morgan fingerprint density at radius 1 is 1.27 bits per heavy atom. The zero-order valence-corrected chi connectivity index (χ0v) is 15.9. The van der Waals surface area contributed by atoms with Crippen LogP contribution in [0.15, 0.2) is 33.9 Å². The van der Waals surface area contributed by atoms with Gasteiger partial charge in [-0.3, -0.25) is 10.1 Å². The fourth-order valence-corrected chi connectivity index (χ4v) is 3.52. The predicted octanol–water partition coefficient (Wildman–Crippen LogP) is 3.28. The molecule has 1 N–H and O–H groups in total. The van der Waals surface area contributed by atoms with Gasteiger partial charge in [-0.05, 0) is 18.6 Å². The van der Waals surface area contributed by atoms with Crippen molar-refractivity contribution in [1.29, 1.82) is 0 Å². The Kier molecular flexibility index (Phi) is 6.18. The van der Waals surface area contributed by atoms with Crippen molar-refractivity contribution >= 4 is 34.1 Å². The quantitative estimate of drug-likeness (QED) is 0.584. The average molecular weight is 391 g/mol. The zero-order chi connectivity index (χ0) is 18.4. The van der Waals surface area contributed by atoms with Crippen LogP contribution in [0.2, 0.25) is 0 Å². The Bertz CT molecular complexity index is 880. The zero-order valence-electron chi connectivity index (χ0n) is 14.3. The fraction of sp³-hybridized carbons (Fsp3) is 0.312. The molecular formula is C16H17N5O3S2. The number of amides is 1. The maximum Gasteiger partial charge on any atom is 0.277 e. The summed E-state index contributed by atoms with van der Waals surface area (Å²) in [5.74, 6) is 0.922. The summed E-state index contributed by atoms with van der Waals surface area (Å²) in [6.07, 6.45) is 1.85. The number of methoxy groups -OCH3 is 1. The van der Waals surface area contributed by atoms with Crippen LogP contribution in [0.5, 0.6) is 5.75 Å². The Morgan fingerprint density at radius 3 is 2.92 bits per heavy atom. The molecule has 1 amide bonds. The van der Waals surface area contributed by atoms with Crippen molar-refractivity contribution in [2.75, 3.05) is 18.2 Å². The minimum Gasteiger partial charge on any atom is -0.496 e. The normalized spacial score (nSPS) is 10.7.